The topological polar surface area (TPSA) is 72.6 Å². The van der Waals surface area contributed by atoms with E-state index < -0.39 is 8.32 Å². The molecule has 55 heavy (non-hydrogen) atoms. The number of nitrogens with one attached hydrogen (secondary N) is 2. The molecule has 0 saturated heterocycles. The number of ether oxygens (including phenoxy) is 2. The van der Waals surface area contributed by atoms with Crippen molar-refractivity contribution in [3.63, 3.8) is 0 Å². The lowest BCUT2D eigenvalue weighted by Gasteiger charge is -2.39. The second-order valence-corrected chi connectivity index (χ2v) is 20.5. The normalized spacial score (nSPS) is 12.5. The van der Waals surface area contributed by atoms with Crippen molar-refractivity contribution in [2.75, 3.05) is 19.7 Å². The first-order valence-electron chi connectivity index (χ1n) is 19.5. The number of aromatic amines is 1. The Kier molecular flexibility index (Phi) is 13.4. The molecule has 6 aromatic rings. The molecule has 285 valence electrons. The zero-order valence-electron chi connectivity index (χ0n) is 33.0. The van der Waals surface area contributed by atoms with Crippen LogP contribution < -0.4 is 20.3 Å². The van der Waals surface area contributed by atoms with Gasteiger partial charge in [-0.25, -0.2) is 0 Å². The summed E-state index contributed by atoms with van der Waals surface area (Å²) in [4.78, 5) is 15.6. The van der Waals surface area contributed by atoms with Crippen LogP contribution in [0.1, 0.15) is 62.0 Å². The second kappa shape index (κ2) is 18.6. The van der Waals surface area contributed by atoms with Gasteiger partial charge in [0.25, 0.3) is 0 Å². The minimum Gasteiger partial charge on any atom is -0.494 e. The standard InChI is InChI=1S/C48H55N2O4Si/c1-48(2,3)55(4,5)54-45(42-27-29-44(47-43(42)28-30-46(51)50-47)53-35-38-15-8-6-9-16-38)34-49-32-31-37-21-25-41(26-22-37)52-33-13-12-14-36-19-23-40(24-20-36)39-17-10-7-11-18-39/h6-11,15-23,25-30,45,49H,12-14,31-35H2,1-5H3,(H,50,51)/t45-/m1/s1. The van der Waals surface area contributed by atoms with Crippen molar-refractivity contribution in [1.29, 1.82) is 0 Å². The lowest BCUT2D eigenvalue weighted by molar-refractivity contribution is 0.182. The highest BCUT2D eigenvalue weighted by Gasteiger charge is 2.39. The molecule has 1 atom stereocenters. The van der Waals surface area contributed by atoms with Crippen molar-refractivity contribution in [3.8, 4) is 22.6 Å². The van der Waals surface area contributed by atoms with E-state index in [1.54, 1.807) is 6.07 Å². The number of H-pyrrole nitrogens is 1. The molecule has 0 aliphatic heterocycles. The minimum atomic E-state index is -2.16. The summed E-state index contributed by atoms with van der Waals surface area (Å²) >= 11 is 0. The zero-order valence-corrected chi connectivity index (χ0v) is 34.0. The van der Waals surface area contributed by atoms with E-state index in [2.05, 4.69) is 123 Å². The van der Waals surface area contributed by atoms with Crippen LogP contribution in [0.25, 0.3) is 22.0 Å². The minimum absolute atomic E-state index is 0.0335. The Labute approximate surface area is 328 Å². The average Bonchev–Trinajstić information content (AvgIpc) is 3.19. The molecular formula is C48H55N2O4Si. The second-order valence-electron chi connectivity index (χ2n) is 15.8. The number of pyridine rings is 1. The smallest absolute Gasteiger partial charge is 0.248 e. The highest BCUT2D eigenvalue weighted by molar-refractivity contribution is 6.74. The van der Waals surface area contributed by atoms with Crippen LogP contribution >= 0.6 is 0 Å². The highest BCUT2D eigenvalue weighted by atomic mass is 28.4. The summed E-state index contributed by atoms with van der Waals surface area (Å²) in [6.07, 6.45) is 3.77. The molecule has 6 rings (SSSR count). The Hall–Kier alpha value is -4.95. The summed E-state index contributed by atoms with van der Waals surface area (Å²) in [6.45, 7) is 13.9. The number of hydrogen-bond acceptors (Lipinski definition) is 5. The van der Waals surface area contributed by atoms with Crippen LogP contribution in [0.2, 0.25) is 18.1 Å². The maximum absolute atomic E-state index is 12.5. The van der Waals surface area contributed by atoms with Crippen molar-refractivity contribution in [3.05, 3.63) is 166 Å². The van der Waals surface area contributed by atoms with E-state index in [1.165, 1.54) is 16.7 Å². The van der Waals surface area contributed by atoms with E-state index >= 15 is 0 Å². The summed E-state index contributed by atoms with van der Waals surface area (Å²) in [5.74, 6) is 1.55. The molecule has 5 aromatic carbocycles. The molecule has 0 spiro atoms. The summed E-state index contributed by atoms with van der Waals surface area (Å²) in [5.41, 5.74) is 7.52. The third-order valence-electron chi connectivity index (χ3n) is 10.7. The van der Waals surface area contributed by atoms with Gasteiger partial charge in [-0.3, -0.25) is 4.79 Å². The van der Waals surface area contributed by atoms with E-state index in [0.29, 0.717) is 31.0 Å². The number of hydrogen-bond donors (Lipinski definition) is 2. The fourth-order valence-electron chi connectivity index (χ4n) is 6.38. The van der Waals surface area contributed by atoms with Crippen LogP contribution in [0, 0.1) is 6.07 Å². The average molecular weight is 752 g/mol. The Balaban J connectivity index is 1.02. The quantitative estimate of drug-likeness (QED) is 0.0676. The number of unbranched alkanes of at least 4 members (excludes halogenated alkanes) is 1. The van der Waals surface area contributed by atoms with Gasteiger partial charge < -0.3 is 24.2 Å². The van der Waals surface area contributed by atoms with Gasteiger partial charge in [-0.05, 0) is 114 Å². The van der Waals surface area contributed by atoms with Crippen molar-refractivity contribution >= 4 is 19.2 Å². The van der Waals surface area contributed by atoms with Gasteiger partial charge in [0.15, 0.2) is 8.32 Å². The van der Waals surface area contributed by atoms with Crippen LogP contribution in [0.15, 0.2) is 132 Å². The molecule has 0 aliphatic rings. The van der Waals surface area contributed by atoms with Gasteiger partial charge in [0.05, 0.1) is 18.2 Å². The molecule has 0 fully saturated rings. The number of aromatic nitrogens is 1. The molecule has 0 amide bonds. The molecule has 1 heterocycles. The van der Waals surface area contributed by atoms with Gasteiger partial charge in [0.2, 0.25) is 5.56 Å². The Morgan fingerprint density at radius 2 is 1.47 bits per heavy atom. The van der Waals surface area contributed by atoms with Gasteiger partial charge >= 0.3 is 0 Å². The highest BCUT2D eigenvalue weighted by Crippen LogP contribution is 2.41. The monoisotopic (exact) mass is 751 g/mol. The Morgan fingerprint density at radius 1 is 0.745 bits per heavy atom. The van der Waals surface area contributed by atoms with Crippen molar-refractivity contribution in [2.45, 2.75) is 77.3 Å². The molecule has 6 nitrogen and oxygen atoms in total. The number of fused-ring (bicyclic) bond motifs is 1. The SMILES string of the molecule is CC(C)(C)[Si](C)(C)O[C@H](CNCCc1ccc(OCCCCc2c[c]c(-c3ccccc3)cc2)cc1)c1ccc(OCc2ccccc2)c2[nH]c(=O)ccc12. The van der Waals surface area contributed by atoms with Crippen LogP contribution in [0.4, 0.5) is 0 Å². The first kappa shape index (κ1) is 39.7. The first-order chi connectivity index (χ1) is 26.6. The molecule has 1 radical (unpaired) electrons. The van der Waals surface area contributed by atoms with Crippen molar-refractivity contribution in [1.82, 2.24) is 10.3 Å². The van der Waals surface area contributed by atoms with Gasteiger partial charge in [0, 0.05) is 18.0 Å². The molecule has 0 bridgehead atoms. The summed E-state index contributed by atoms with van der Waals surface area (Å²) in [7, 11) is -2.16. The van der Waals surface area contributed by atoms with Gasteiger partial charge in [0.1, 0.15) is 18.1 Å². The predicted octanol–water partition coefficient (Wildman–Crippen LogP) is 10.9. The van der Waals surface area contributed by atoms with Gasteiger partial charge in [-0.2, -0.15) is 0 Å². The maximum Gasteiger partial charge on any atom is 0.248 e. The number of aryl methyl sites for hydroxylation is 1. The predicted molar refractivity (Wildman–Crippen MR) is 229 cm³/mol. The van der Waals surface area contributed by atoms with E-state index in [0.717, 1.165) is 60.1 Å². The third kappa shape index (κ3) is 11.1. The molecule has 0 aliphatic carbocycles. The fraction of sp³-hybridized carbons (Fsp3) is 0.312. The molecule has 2 N–H and O–H groups in total. The van der Waals surface area contributed by atoms with Gasteiger partial charge in [-0.15, -0.1) is 0 Å². The van der Waals surface area contributed by atoms with Gasteiger partial charge in [-0.1, -0.05) is 118 Å². The van der Waals surface area contributed by atoms with E-state index in [-0.39, 0.29) is 16.7 Å². The summed E-state index contributed by atoms with van der Waals surface area (Å²) in [6, 6.07) is 46.4. The fourth-order valence-corrected chi connectivity index (χ4v) is 7.66. The van der Waals surface area contributed by atoms with Crippen LogP contribution in [0.5, 0.6) is 11.5 Å². The lowest BCUT2D eigenvalue weighted by Crippen LogP contribution is -2.43. The lowest BCUT2D eigenvalue weighted by atomic mass is 10.0. The maximum atomic E-state index is 12.5. The Morgan fingerprint density at radius 3 is 2.18 bits per heavy atom. The van der Waals surface area contributed by atoms with E-state index in [4.69, 9.17) is 13.9 Å². The van der Waals surface area contributed by atoms with E-state index in [1.807, 2.05) is 48.5 Å². The molecule has 0 unspecified atom stereocenters. The molecule has 7 heteroatoms. The van der Waals surface area contributed by atoms with Crippen molar-refractivity contribution in [2.24, 2.45) is 0 Å². The molecule has 0 saturated carbocycles. The zero-order chi connectivity index (χ0) is 38.7. The van der Waals surface area contributed by atoms with Crippen LogP contribution in [0.3, 0.4) is 0 Å². The third-order valence-corrected chi connectivity index (χ3v) is 15.1. The molecule has 1 aromatic heterocycles. The van der Waals surface area contributed by atoms with Crippen LogP contribution in [-0.4, -0.2) is 33.0 Å². The van der Waals surface area contributed by atoms with Crippen LogP contribution in [-0.2, 0) is 23.9 Å². The largest absolute Gasteiger partial charge is 0.494 e. The Bertz CT molecular complexity index is 2140. The first-order valence-corrected chi connectivity index (χ1v) is 22.5. The molecular weight excluding hydrogens is 697 g/mol. The number of benzene rings is 5. The van der Waals surface area contributed by atoms with E-state index in [9.17, 15) is 4.79 Å². The summed E-state index contributed by atoms with van der Waals surface area (Å²) in [5, 5.41) is 4.66. The summed E-state index contributed by atoms with van der Waals surface area (Å²) < 4.78 is 19.4. The number of rotatable bonds is 18. The van der Waals surface area contributed by atoms with Crippen molar-refractivity contribution < 1.29 is 13.9 Å².